The van der Waals surface area contributed by atoms with Gasteiger partial charge in [0.1, 0.15) is 18.0 Å². The molecule has 1 aromatic rings. The van der Waals surface area contributed by atoms with Crippen molar-refractivity contribution in [2.45, 2.75) is 33.1 Å². The fourth-order valence-electron chi connectivity index (χ4n) is 1.81. The van der Waals surface area contributed by atoms with E-state index in [1.165, 1.54) is 0 Å². The summed E-state index contributed by atoms with van der Waals surface area (Å²) in [6, 6.07) is 0. The quantitative estimate of drug-likeness (QED) is 0.696. The third kappa shape index (κ3) is 4.14. The van der Waals surface area contributed by atoms with Gasteiger partial charge in [0.25, 0.3) is 0 Å². The number of ether oxygens (including phenoxy) is 1. The van der Waals surface area contributed by atoms with Crippen molar-refractivity contribution < 1.29 is 4.74 Å². The lowest BCUT2D eigenvalue weighted by atomic mass is 10.0. The highest BCUT2D eigenvalue weighted by Gasteiger charge is 2.13. The zero-order valence-corrected chi connectivity index (χ0v) is 11.8. The van der Waals surface area contributed by atoms with Gasteiger partial charge in [-0.15, -0.1) is 0 Å². The molecule has 0 unspecified atom stereocenters. The fourth-order valence-corrected chi connectivity index (χ4v) is 1.81. The molecule has 0 aromatic carbocycles. The summed E-state index contributed by atoms with van der Waals surface area (Å²) >= 11 is 0. The van der Waals surface area contributed by atoms with Gasteiger partial charge in [-0.3, -0.25) is 0 Å². The highest BCUT2D eigenvalue weighted by atomic mass is 16.5. The lowest BCUT2D eigenvalue weighted by Gasteiger charge is -2.16. The molecule has 0 saturated carbocycles. The van der Waals surface area contributed by atoms with Crippen LogP contribution in [0.2, 0.25) is 0 Å². The van der Waals surface area contributed by atoms with E-state index in [4.69, 9.17) is 4.74 Å². The second kappa shape index (κ2) is 7.87. The SMILES string of the molecule is CCOCCCNc1ncnc(NC)c1C(C)C. The van der Waals surface area contributed by atoms with E-state index in [0.717, 1.165) is 43.4 Å². The van der Waals surface area contributed by atoms with Crippen molar-refractivity contribution in [3.8, 4) is 0 Å². The molecule has 18 heavy (non-hydrogen) atoms. The van der Waals surface area contributed by atoms with E-state index in [9.17, 15) is 0 Å². The summed E-state index contributed by atoms with van der Waals surface area (Å²) < 4.78 is 5.31. The van der Waals surface area contributed by atoms with E-state index < -0.39 is 0 Å². The fraction of sp³-hybridized carbons (Fsp3) is 0.692. The zero-order chi connectivity index (χ0) is 13.4. The Morgan fingerprint density at radius 3 is 2.61 bits per heavy atom. The van der Waals surface area contributed by atoms with Crippen LogP contribution in [0.4, 0.5) is 11.6 Å². The molecule has 0 radical (unpaired) electrons. The van der Waals surface area contributed by atoms with Gasteiger partial charge in [-0.2, -0.15) is 0 Å². The highest BCUT2D eigenvalue weighted by Crippen LogP contribution is 2.27. The van der Waals surface area contributed by atoms with Gasteiger partial charge in [0.2, 0.25) is 0 Å². The smallest absolute Gasteiger partial charge is 0.134 e. The van der Waals surface area contributed by atoms with E-state index in [0.29, 0.717) is 5.92 Å². The van der Waals surface area contributed by atoms with Crippen molar-refractivity contribution >= 4 is 11.6 Å². The first-order chi connectivity index (χ1) is 8.70. The molecule has 0 aliphatic rings. The van der Waals surface area contributed by atoms with Crippen molar-refractivity contribution in [2.75, 3.05) is 37.4 Å². The molecule has 0 fully saturated rings. The van der Waals surface area contributed by atoms with Crippen LogP contribution in [0.3, 0.4) is 0 Å². The highest BCUT2D eigenvalue weighted by molar-refractivity contribution is 5.58. The minimum Gasteiger partial charge on any atom is -0.382 e. The Balaban J connectivity index is 2.64. The molecule has 0 spiro atoms. The third-order valence-electron chi connectivity index (χ3n) is 2.66. The van der Waals surface area contributed by atoms with E-state index >= 15 is 0 Å². The van der Waals surface area contributed by atoms with Crippen LogP contribution in [0.1, 0.15) is 38.7 Å². The average molecular weight is 252 g/mol. The summed E-state index contributed by atoms with van der Waals surface area (Å²) in [6.45, 7) is 8.71. The van der Waals surface area contributed by atoms with Crippen LogP contribution in [-0.4, -0.2) is 36.8 Å². The van der Waals surface area contributed by atoms with Crippen LogP contribution in [0.5, 0.6) is 0 Å². The molecule has 0 bridgehead atoms. The molecule has 102 valence electrons. The molecular formula is C13H24N4O. The standard InChI is InChI=1S/C13H24N4O/c1-5-18-8-6-7-15-13-11(10(2)3)12(14-4)16-9-17-13/h9-10H,5-8H2,1-4H3,(H2,14,15,16,17). The van der Waals surface area contributed by atoms with Gasteiger partial charge in [-0.25, -0.2) is 9.97 Å². The van der Waals surface area contributed by atoms with Gasteiger partial charge in [-0.1, -0.05) is 13.8 Å². The monoisotopic (exact) mass is 252 g/mol. The van der Waals surface area contributed by atoms with Crippen LogP contribution >= 0.6 is 0 Å². The zero-order valence-electron chi connectivity index (χ0n) is 11.8. The molecule has 0 atom stereocenters. The Labute approximate surface area is 109 Å². The number of hydrogen-bond acceptors (Lipinski definition) is 5. The predicted molar refractivity (Wildman–Crippen MR) is 75.3 cm³/mol. The van der Waals surface area contributed by atoms with Gasteiger partial charge >= 0.3 is 0 Å². The summed E-state index contributed by atoms with van der Waals surface area (Å²) in [4.78, 5) is 8.57. The number of rotatable bonds is 8. The second-order valence-electron chi connectivity index (χ2n) is 4.37. The normalized spacial score (nSPS) is 10.7. The van der Waals surface area contributed by atoms with Crippen molar-refractivity contribution in [1.82, 2.24) is 9.97 Å². The maximum Gasteiger partial charge on any atom is 0.134 e. The van der Waals surface area contributed by atoms with Gasteiger partial charge in [-0.05, 0) is 19.3 Å². The molecule has 1 rings (SSSR count). The van der Waals surface area contributed by atoms with Gasteiger partial charge < -0.3 is 15.4 Å². The first-order valence-electron chi connectivity index (χ1n) is 6.54. The molecule has 1 aromatic heterocycles. The van der Waals surface area contributed by atoms with Crippen molar-refractivity contribution in [1.29, 1.82) is 0 Å². The Bertz CT molecular complexity index is 355. The molecule has 0 aliphatic heterocycles. The first kappa shape index (κ1) is 14.7. The Morgan fingerprint density at radius 1 is 1.28 bits per heavy atom. The summed E-state index contributed by atoms with van der Waals surface area (Å²) in [5, 5.41) is 6.47. The van der Waals surface area contributed by atoms with Crippen molar-refractivity contribution in [3.63, 3.8) is 0 Å². The van der Waals surface area contributed by atoms with Gasteiger partial charge in [0.15, 0.2) is 0 Å². The van der Waals surface area contributed by atoms with E-state index in [1.807, 2.05) is 14.0 Å². The molecule has 2 N–H and O–H groups in total. The largest absolute Gasteiger partial charge is 0.382 e. The number of nitrogens with zero attached hydrogens (tertiary/aromatic N) is 2. The van der Waals surface area contributed by atoms with E-state index in [2.05, 4.69) is 34.4 Å². The average Bonchev–Trinajstić information content (AvgIpc) is 2.37. The van der Waals surface area contributed by atoms with E-state index in [-0.39, 0.29) is 0 Å². The molecule has 5 heteroatoms. The number of anilines is 2. The lowest BCUT2D eigenvalue weighted by molar-refractivity contribution is 0.147. The van der Waals surface area contributed by atoms with Crippen LogP contribution in [0.25, 0.3) is 0 Å². The van der Waals surface area contributed by atoms with Crippen molar-refractivity contribution in [2.24, 2.45) is 0 Å². The summed E-state index contributed by atoms with van der Waals surface area (Å²) in [7, 11) is 1.88. The molecule has 5 nitrogen and oxygen atoms in total. The van der Waals surface area contributed by atoms with Crippen molar-refractivity contribution in [3.05, 3.63) is 11.9 Å². The molecule has 0 aliphatic carbocycles. The minimum absolute atomic E-state index is 0.378. The number of hydrogen-bond donors (Lipinski definition) is 2. The second-order valence-corrected chi connectivity index (χ2v) is 4.37. The Morgan fingerprint density at radius 2 is 2.00 bits per heavy atom. The Hall–Kier alpha value is -1.36. The molecular weight excluding hydrogens is 228 g/mol. The van der Waals surface area contributed by atoms with Crippen LogP contribution in [0.15, 0.2) is 6.33 Å². The summed E-state index contributed by atoms with van der Waals surface area (Å²) in [5.74, 6) is 2.19. The lowest BCUT2D eigenvalue weighted by Crippen LogP contribution is -2.12. The first-order valence-corrected chi connectivity index (χ1v) is 6.54. The van der Waals surface area contributed by atoms with Gasteiger partial charge in [0.05, 0.1) is 0 Å². The number of nitrogens with one attached hydrogen (secondary N) is 2. The molecule has 0 saturated heterocycles. The third-order valence-corrected chi connectivity index (χ3v) is 2.66. The molecule has 0 amide bonds. The number of aromatic nitrogens is 2. The topological polar surface area (TPSA) is 59.1 Å². The van der Waals surface area contributed by atoms with Crippen LogP contribution < -0.4 is 10.6 Å². The molecule has 1 heterocycles. The maximum atomic E-state index is 5.31. The predicted octanol–water partition coefficient (Wildman–Crippen LogP) is 2.48. The van der Waals surface area contributed by atoms with Crippen LogP contribution in [0, 0.1) is 0 Å². The van der Waals surface area contributed by atoms with E-state index in [1.54, 1.807) is 6.33 Å². The Kier molecular flexibility index (Phi) is 6.43. The van der Waals surface area contributed by atoms with Gasteiger partial charge in [0, 0.05) is 32.4 Å². The summed E-state index contributed by atoms with van der Waals surface area (Å²) in [6.07, 6.45) is 2.56. The van der Waals surface area contributed by atoms with Crippen LogP contribution in [-0.2, 0) is 4.74 Å². The minimum atomic E-state index is 0.378. The summed E-state index contributed by atoms with van der Waals surface area (Å²) in [5.41, 5.74) is 1.14. The maximum absolute atomic E-state index is 5.31.